The minimum atomic E-state index is -1.63. The molecule has 0 aliphatic carbocycles. The Morgan fingerprint density at radius 3 is 2.03 bits per heavy atom. The maximum atomic E-state index is 12.4. The Balaban J connectivity index is 2.56. The van der Waals surface area contributed by atoms with Crippen LogP contribution in [0.3, 0.4) is 0 Å². The van der Waals surface area contributed by atoms with Crippen molar-refractivity contribution in [2.75, 3.05) is 19.5 Å². The Morgan fingerprint density at radius 1 is 0.971 bits per heavy atom. The molecule has 34 heavy (non-hydrogen) atoms. The molecule has 14 heteroatoms. The van der Waals surface area contributed by atoms with E-state index >= 15 is 0 Å². The van der Waals surface area contributed by atoms with Gasteiger partial charge in [-0.3, -0.25) is 24.5 Å². The van der Waals surface area contributed by atoms with Gasteiger partial charge in [0, 0.05) is 40.0 Å². The van der Waals surface area contributed by atoms with Gasteiger partial charge in [0.1, 0.15) is 5.75 Å². The van der Waals surface area contributed by atoms with Crippen LogP contribution < -0.4 is 10.1 Å². The van der Waals surface area contributed by atoms with Crippen LogP contribution in [-0.2, 0) is 42.9 Å². The van der Waals surface area contributed by atoms with E-state index in [0.717, 1.165) is 33.9 Å². The summed E-state index contributed by atoms with van der Waals surface area (Å²) in [4.78, 5) is 58.2. The van der Waals surface area contributed by atoms with E-state index in [2.05, 4.69) is 5.32 Å². The fourth-order valence-electron chi connectivity index (χ4n) is 3.23. The zero-order valence-electron chi connectivity index (χ0n) is 19.0. The minimum Gasteiger partial charge on any atom is -0.467 e. The highest BCUT2D eigenvalue weighted by Gasteiger charge is 2.56. The van der Waals surface area contributed by atoms with E-state index < -0.39 is 59.5 Å². The molecule has 1 aliphatic heterocycles. The molecule has 0 saturated carbocycles. The Kier molecular flexibility index (Phi) is 8.72. The van der Waals surface area contributed by atoms with Crippen LogP contribution in [-0.4, -0.2) is 73.7 Å². The predicted octanol–water partition coefficient (Wildman–Crippen LogP) is 0.708. The summed E-state index contributed by atoms with van der Waals surface area (Å²) in [6, 6.07) is 3.59. The highest BCUT2D eigenvalue weighted by atomic mass is 16.7. The van der Waals surface area contributed by atoms with E-state index in [4.69, 9.17) is 28.4 Å². The minimum absolute atomic E-state index is 0.0198. The number of esters is 4. The molecule has 0 bridgehead atoms. The molecular weight excluding hydrogens is 460 g/mol. The molecule has 1 aromatic rings. The van der Waals surface area contributed by atoms with Gasteiger partial charge in [-0.1, -0.05) is 0 Å². The number of carbonyl (C=O) groups is 4. The van der Waals surface area contributed by atoms with Gasteiger partial charge in [0.25, 0.3) is 5.69 Å². The number of benzene rings is 1. The SMILES string of the molecule is CNc1cc([N+](=O)[O-])ccc1OC1OC(C(=O)OC)C(OC(C)=O)C(OC(C)=O)C1OC(C)=O. The largest absolute Gasteiger partial charge is 0.467 e. The van der Waals surface area contributed by atoms with Crippen molar-refractivity contribution in [2.45, 2.75) is 51.5 Å². The molecule has 0 amide bonds. The van der Waals surface area contributed by atoms with Crippen LogP contribution >= 0.6 is 0 Å². The lowest BCUT2D eigenvalue weighted by atomic mass is 9.97. The molecule has 1 fully saturated rings. The number of hydrogen-bond donors (Lipinski definition) is 1. The average Bonchev–Trinajstić information content (AvgIpc) is 2.76. The molecule has 1 saturated heterocycles. The van der Waals surface area contributed by atoms with Gasteiger partial charge in [0.15, 0.2) is 18.3 Å². The van der Waals surface area contributed by atoms with Crippen molar-refractivity contribution in [3.05, 3.63) is 28.3 Å². The second kappa shape index (κ2) is 11.3. The van der Waals surface area contributed by atoms with Crippen molar-refractivity contribution in [3.8, 4) is 5.75 Å². The smallest absolute Gasteiger partial charge is 0.339 e. The van der Waals surface area contributed by atoms with Crippen LogP contribution in [0, 0.1) is 10.1 Å². The van der Waals surface area contributed by atoms with Crippen LogP contribution in [0.25, 0.3) is 0 Å². The van der Waals surface area contributed by atoms with Gasteiger partial charge in [-0.05, 0) is 6.07 Å². The van der Waals surface area contributed by atoms with Crippen molar-refractivity contribution in [1.29, 1.82) is 0 Å². The fourth-order valence-corrected chi connectivity index (χ4v) is 3.23. The van der Waals surface area contributed by atoms with Gasteiger partial charge in [0.05, 0.1) is 17.7 Å². The van der Waals surface area contributed by atoms with Crippen LogP contribution in [0.1, 0.15) is 20.8 Å². The number of nitro benzene ring substituents is 1. The van der Waals surface area contributed by atoms with Gasteiger partial charge in [-0.2, -0.15) is 0 Å². The molecule has 1 aliphatic rings. The van der Waals surface area contributed by atoms with Crippen molar-refractivity contribution in [2.24, 2.45) is 0 Å². The van der Waals surface area contributed by atoms with Gasteiger partial charge < -0.3 is 33.7 Å². The molecule has 5 atom stereocenters. The van der Waals surface area contributed by atoms with Crippen LogP contribution in [0.4, 0.5) is 11.4 Å². The second-order valence-electron chi connectivity index (χ2n) is 6.98. The van der Waals surface area contributed by atoms with E-state index in [0.29, 0.717) is 0 Å². The molecule has 0 aromatic heterocycles. The van der Waals surface area contributed by atoms with Crippen molar-refractivity contribution in [1.82, 2.24) is 0 Å². The summed E-state index contributed by atoms with van der Waals surface area (Å²) in [5, 5.41) is 13.8. The number of carbonyl (C=O) groups excluding carboxylic acids is 4. The molecule has 0 spiro atoms. The summed E-state index contributed by atoms with van der Waals surface area (Å²) in [5.74, 6) is -3.47. The normalized spacial score (nSPS) is 23.7. The average molecular weight is 484 g/mol. The maximum absolute atomic E-state index is 12.4. The first kappa shape index (κ1) is 26.3. The third kappa shape index (κ3) is 6.31. The topological polar surface area (TPSA) is 179 Å². The number of ether oxygens (including phenoxy) is 6. The first-order chi connectivity index (χ1) is 16.0. The molecule has 1 aromatic carbocycles. The number of rotatable bonds is 8. The zero-order chi connectivity index (χ0) is 25.6. The Hall–Kier alpha value is -3.94. The van der Waals surface area contributed by atoms with Crippen molar-refractivity contribution in [3.63, 3.8) is 0 Å². The lowest BCUT2D eigenvalue weighted by Crippen LogP contribution is -2.64. The van der Waals surface area contributed by atoms with E-state index in [1.165, 1.54) is 19.2 Å². The van der Waals surface area contributed by atoms with E-state index in [9.17, 15) is 29.3 Å². The summed E-state index contributed by atoms with van der Waals surface area (Å²) >= 11 is 0. The van der Waals surface area contributed by atoms with Crippen molar-refractivity contribution >= 4 is 35.3 Å². The number of nitrogens with zero attached hydrogens (tertiary/aromatic N) is 1. The van der Waals surface area contributed by atoms with Crippen molar-refractivity contribution < 1.29 is 52.5 Å². The maximum Gasteiger partial charge on any atom is 0.339 e. The number of nitro groups is 1. The molecule has 186 valence electrons. The first-order valence-electron chi connectivity index (χ1n) is 9.86. The molecule has 5 unspecified atom stereocenters. The molecule has 1 N–H and O–H groups in total. The van der Waals surface area contributed by atoms with E-state index in [1.807, 2.05) is 0 Å². The number of anilines is 1. The van der Waals surface area contributed by atoms with Gasteiger partial charge in [0.2, 0.25) is 12.4 Å². The van der Waals surface area contributed by atoms with E-state index in [1.54, 1.807) is 0 Å². The van der Waals surface area contributed by atoms with Crippen LogP contribution in [0.5, 0.6) is 5.75 Å². The van der Waals surface area contributed by atoms with Gasteiger partial charge in [-0.15, -0.1) is 0 Å². The monoisotopic (exact) mass is 484 g/mol. The Labute approximate surface area is 193 Å². The number of methoxy groups -OCH3 is 1. The second-order valence-corrected chi connectivity index (χ2v) is 6.98. The Morgan fingerprint density at radius 2 is 1.53 bits per heavy atom. The number of nitrogens with one attached hydrogen (secondary N) is 1. The summed E-state index contributed by atoms with van der Waals surface area (Å²) in [6.45, 7) is 3.18. The lowest BCUT2D eigenvalue weighted by Gasteiger charge is -2.43. The molecule has 1 heterocycles. The van der Waals surface area contributed by atoms with Gasteiger partial charge >= 0.3 is 23.9 Å². The lowest BCUT2D eigenvalue weighted by molar-refractivity contribution is -0.384. The predicted molar refractivity (Wildman–Crippen MR) is 111 cm³/mol. The molecule has 2 rings (SSSR count). The molecular formula is C20H24N2O12. The standard InChI is InChI=1S/C20H24N2O12/c1-9(23)30-15-16(31-10(2)24)18(32-11(3)25)20(34-17(15)19(26)29-5)33-14-7-6-12(22(27)28)8-13(14)21-4/h6-8,15-18,20-21H,1-5H3. The summed E-state index contributed by atoms with van der Waals surface area (Å²) in [5.41, 5.74) is -0.0712. The number of hydrogen-bond acceptors (Lipinski definition) is 13. The zero-order valence-corrected chi connectivity index (χ0v) is 19.0. The third-order valence-corrected chi connectivity index (χ3v) is 4.52. The summed E-state index contributed by atoms with van der Waals surface area (Å²) in [6.07, 6.45) is -7.79. The van der Waals surface area contributed by atoms with Crippen LogP contribution in [0.15, 0.2) is 18.2 Å². The molecule has 14 nitrogen and oxygen atoms in total. The van der Waals surface area contributed by atoms with Gasteiger partial charge in [-0.25, -0.2) is 4.79 Å². The quantitative estimate of drug-likeness (QED) is 0.236. The summed E-state index contributed by atoms with van der Waals surface area (Å²) < 4.78 is 31.8. The fraction of sp³-hybridized carbons (Fsp3) is 0.500. The van der Waals surface area contributed by atoms with E-state index in [-0.39, 0.29) is 17.1 Å². The molecule has 0 radical (unpaired) electrons. The summed E-state index contributed by atoms with van der Waals surface area (Å²) in [7, 11) is 2.54. The first-order valence-corrected chi connectivity index (χ1v) is 9.86. The number of non-ortho nitro benzene ring substituents is 1. The highest BCUT2D eigenvalue weighted by Crippen LogP contribution is 2.35. The third-order valence-electron chi connectivity index (χ3n) is 4.52. The highest BCUT2D eigenvalue weighted by molar-refractivity contribution is 5.77. The van der Waals surface area contributed by atoms with Crippen LogP contribution in [0.2, 0.25) is 0 Å². The Bertz CT molecular complexity index is 965.